The van der Waals surface area contributed by atoms with Crippen molar-refractivity contribution in [3.63, 3.8) is 0 Å². The number of aromatic nitrogens is 6. The van der Waals surface area contributed by atoms with Crippen LogP contribution in [-0.4, -0.2) is 36.2 Å². The van der Waals surface area contributed by atoms with Crippen LogP contribution >= 0.6 is 0 Å². The molecule has 2 aliphatic heterocycles. The van der Waals surface area contributed by atoms with Crippen molar-refractivity contribution in [2.24, 2.45) is 0 Å². The SMILES string of the molecule is c1ccc(-c2ccc3c(c2)c2ccccc2n3-c2ccc(-c3cc(-c4ccccc4)nc(-c4ccccc4)n3)cc2-c2nc(-c3ccccc3)nc(-c3ccc(-c4cc5c6c(c4)N(c4ccccc4)c4ccccc4B6c4ccccc4N5c4ccccc4)cc3)n2)cc1. The second kappa shape index (κ2) is 22.7. The summed E-state index contributed by atoms with van der Waals surface area (Å²) in [6.45, 7) is 0.00810. The summed E-state index contributed by atoms with van der Waals surface area (Å²) in [6.07, 6.45) is 0. The average Bonchev–Trinajstić information content (AvgIpc) is 0.836. The van der Waals surface area contributed by atoms with Crippen LogP contribution in [0.15, 0.2) is 334 Å². The molecule has 0 saturated heterocycles. The predicted molar refractivity (Wildman–Crippen MR) is 387 cm³/mol. The van der Waals surface area contributed by atoms with Crippen LogP contribution in [0.4, 0.5) is 34.1 Å². The molecule has 5 heterocycles. The normalized spacial score (nSPS) is 12.2. The molecule has 94 heavy (non-hydrogen) atoms. The van der Waals surface area contributed by atoms with Gasteiger partial charge in [-0.2, -0.15) is 0 Å². The topological polar surface area (TPSA) is 75.9 Å². The third kappa shape index (κ3) is 9.36. The summed E-state index contributed by atoms with van der Waals surface area (Å²) in [5.74, 6) is 2.25. The van der Waals surface area contributed by atoms with Crippen molar-refractivity contribution in [3.05, 3.63) is 334 Å². The van der Waals surface area contributed by atoms with Crippen molar-refractivity contribution in [3.8, 4) is 96.0 Å². The van der Waals surface area contributed by atoms with E-state index in [1.54, 1.807) is 0 Å². The van der Waals surface area contributed by atoms with E-state index >= 15 is 0 Å². The average molecular weight is 1200 g/mol. The molecule has 0 atom stereocenters. The van der Waals surface area contributed by atoms with Gasteiger partial charge in [-0.05, 0) is 124 Å². The highest BCUT2D eigenvalue weighted by atomic mass is 15.2. The summed E-state index contributed by atoms with van der Waals surface area (Å²) in [6, 6.07) is 118. The van der Waals surface area contributed by atoms with Crippen LogP contribution in [0.3, 0.4) is 0 Å². The maximum absolute atomic E-state index is 5.60. The van der Waals surface area contributed by atoms with Gasteiger partial charge in [0, 0.05) is 78.3 Å². The molecule has 0 fully saturated rings. The van der Waals surface area contributed by atoms with E-state index in [-0.39, 0.29) is 6.71 Å². The van der Waals surface area contributed by atoms with Crippen LogP contribution in [0, 0.1) is 0 Å². The minimum atomic E-state index is 0.00810. The highest BCUT2D eigenvalue weighted by Gasteiger charge is 2.43. The van der Waals surface area contributed by atoms with Crippen molar-refractivity contribution in [2.75, 3.05) is 9.80 Å². The summed E-state index contributed by atoms with van der Waals surface area (Å²) in [7, 11) is 0. The minimum Gasteiger partial charge on any atom is -0.311 e. The molecule has 0 amide bonds. The second-order valence-corrected chi connectivity index (χ2v) is 23.9. The monoisotopic (exact) mass is 1200 g/mol. The van der Waals surface area contributed by atoms with Gasteiger partial charge in [0.2, 0.25) is 0 Å². The van der Waals surface area contributed by atoms with E-state index in [1.165, 1.54) is 27.8 Å². The molecule has 0 aliphatic carbocycles. The third-order valence-corrected chi connectivity index (χ3v) is 18.4. The maximum atomic E-state index is 5.60. The number of nitrogens with zero attached hydrogens (tertiary/aromatic N) is 8. The maximum Gasteiger partial charge on any atom is 0.252 e. The van der Waals surface area contributed by atoms with Gasteiger partial charge >= 0.3 is 0 Å². The largest absolute Gasteiger partial charge is 0.311 e. The van der Waals surface area contributed by atoms with Gasteiger partial charge < -0.3 is 14.4 Å². The number of hydrogen-bond donors (Lipinski definition) is 0. The quantitative estimate of drug-likeness (QED) is 0.119. The van der Waals surface area contributed by atoms with Crippen LogP contribution in [0.1, 0.15) is 0 Å². The smallest absolute Gasteiger partial charge is 0.252 e. The zero-order valence-electron chi connectivity index (χ0n) is 50.9. The lowest BCUT2D eigenvalue weighted by Gasteiger charge is -2.44. The summed E-state index contributed by atoms with van der Waals surface area (Å²) in [4.78, 5) is 31.9. The standard InChI is InChI=1S/C85H55BN8/c1-7-25-56(26-8-1)62-47-49-75-68(51-62)67-37-19-22-40-74(67)94(75)76-50-48-63(73-55-72(58-27-9-2-10-28-58)87-82(88-73)59-29-11-3-12-30-59)52-69(76)85-90-83(60-31-13-4-14-32-60)89-84(91-85)61-45-43-57(44-46-61)64-53-79-81-80(54-64)93(66-35-17-6-18-36-66)78-42-24-21-39-71(78)86(81)70-38-20-23-41-77(70)92(79)65-33-15-5-16-34-65/h1-55H. The molecule has 2 aliphatic rings. The first kappa shape index (κ1) is 54.4. The van der Waals surface area contributed by atoms with E-state index in [1.807, 2.05) is 54.6 Å². The second-order valence-electron chi connectivity index (χ2n) is 23.9. The summed E-state index contributed by atoms with van der Waals surface area (Å²) in [5.41, 5.74) is 25.0. The lowest BCUT2D eigenvalue weighted by Crippen LogP contribution is -2.61. The molecule has 438 valence electrons. The Bertz CT molecular complexity index is 5380. The summed E-state index contributed by atoms with van der Waals surface area (Å²) < 4.78 is 2.37. The molecule has 0 saturated carbocycles. The van der Waals surface area contributed by atoms with Crippen molar-refractivity contribution >= 4 is 79.0 Å². The van der Waals surface area contributed by atoms with Crippen molar-refractivity contribution in [2.45, 2.75) is 0 Å². The van der Waals surface area contributed by atoms with Crippen molar-refractivity contribution < 1.29 is 0 Å². The number of fused-ring (bicyclic) bond motifs is 7. The van der Waals surface area contributed by atoms with E-state index in [4.69, 9.17) is 24.9 Å². The molecule has 9 heteroatoms. The number of benzene rings is 13. The number of anilines is 6. The predicted octanol–water partition coefficient (Wildman–Crippen LogP) is 19.2. The van der Waals surface area contributed by atoms with Gasteiger partial charge in [-0.25, -0.2) is 24.9 Å². The Morgan fingerprint density at radius 3 is 1.23 bits per heavy atom. The Hall–Kier alpha value is -12.6. The molecule has 18 rings (SSSR count). The molecule has 0 bridgehead atoms. The van der Waals surface area contributed by atoms with Gasteiger partial charge in [0.25, 0.3) is 6.71 Å². The van der Waals surface area contributed by atoms with Gasteiger partial charge in [0.05, 0.1) is 28.1 Å². The van der Waals surface area contributed by atoms with Crippen molar-refractivity contribution in [1.29, 1.82) is 0 Å². The fourth-order valence-electron chi connectivity index (χ4n) is 14.1. The molecule has 13 aromatic carbocycles. The molecule has 8 nitrogen and oxygen atoms in total. The summed E-state index contributed by atoms with van der Waals surface area (Å²) in [5, 5.41) is 2.28. The van der Waals surface area contributed by atoms with E-state index in [0.717, 1.165) is 117 Å². The molecule has 0 spiro atoms. The van der Waals surface area contributed by atoms with Crippen LogP contribution in [0.25, 0.3) is 118 Å². The fourth-order valence-corrected chi connectivity index (χ4v) is 14.1. The highest BCUT2D eigenvalue weighted by molar-refractivity contribution is 7.00. The summed E-state index contributed by atoms with van der Waals surface area (Å²) >= 11 is 0. The highest BCUT2D eigenvalue weighted by Crippen LogP contribution is 2.47. The van der Waals surface area contributed by atoms with Crippen LogP contribution < -0.4 is 26.2 Å². The Kier molecular flexibility index (Phi) is 13.1. The van der Waals surface area contributed by atoms with E-state index in [9.17, 15) is 0 Å². The fraction of sp³-hybridized carbons (Fsp3) is 0. The lowest BCUT2D eigenvalue weighted by atomic mass is 9.33. The molecule has 16 aromatic rings. The zero-order chi connectivity index (χ0) is 62.1. The molecular formula is C85H55BN8. The van der Waals surface area contributed by atoms with Crippen LogP contribution in [-0.2, 0) is 0 Å². The van der Waals surface area contributed by atoms with Gasteiger partial charge in [-0.1, -0.05) is 249 Å². The Morgan fingerprint density at radius 2 is 0.649 bits per heavy atom. The van der Waals surface area contributed by atoms with Crippen molar-refractivity contribution in [1.82, 2.24) is 29.5 Å². The first-order chi connectivity index (χ1) is 46.6. The number of para-hydroxylation sites is 5. The Morgan fingerprint density at radius 1 is 0.234 bits per heavy atom. The molecule has 0 N–H and O–H groups in total. The van der Waals surface area contributed by atoms with Gasteiger partial charge in [-0.15, -0.1) is 0 Å². The molecule has 0 unspecified atom stereocenters. The number of hydrogen-bond acceptors (Lipinski definition) is 7. The molecular weight excluding hydrogens is 1140 g/mol. The molecule has 0 radical (unpaired) electrons. The van der Waals surface area contributed by atoms with Crippen LogP contribution in [0.5, 0.6) is 0 Å². The molecule has 3 aromatic heterocycles. The first-order valence-corrected chi connectivity index (χ1v) is 31.8. The lowest BCUT2D eigenvalue weighted by molar-refractivity contribution is 1.06. The first-order valence-electron chi connectivity index (χ1n) is 31.8. The number of rotatable bonds is 11. The third-order valence-electron chi connectivity index (χ3n) is 18.4. The van der Waals surface area contributed by atoms with Gasteiger partial charge in [0.15, 0.2) is 23.3 Å². The zero-order valence-corrected chi connectivity index (χ0v) is 50.9. The van der Waals surface area contributed by atoms with E-state index in [2.05, 4.69) is 293 Å². The van der Waals surface area contributed by atoms with Gasteiger partial charge in [-0.3, -0.25) is 0 Å². The Balaban J connectivity index is 0.836. The van der Waals surface area contributed by atoms with E-state index < -0.39 is 0 Å². The minimum absolute atomic E-state index is 0.00810. The van der Waals surface area contributed by atoms with E-state index in [0.29, 0.717) is 23.3 Å². The van der Waals surface area contributed by atoms with Gasteiger partial charge in [0.1, 0.15) is 0 Å². The van der Waals surface area contributed by atoms with Crippen LogP contribution in [0.2, 0.25) is 0 Å². The Labute approximate surface area is 544 Å².